The van der Waals surface area contributed by atoms with Crippen molar-refractivity contribution in [2.75, 3.05) is 17.8 Å². The van der Waals surface area contributed by atoms with Crippen molar-refractivity contribution in [2.24, 2.45) is 0 Å². The van der Waals surface area contributed by atoms with Crippen molar-refractivity contribution in [1.82, 2.24) is 5.32 Å². The average Bonchev–Trinajstić information content (AvgIpc) is 3.25. The second-order valence-electron chi connectivity index (χ2n) is 8.98. The van der Waals surface area contributed by atoms with Gasteiger partial charge < -0.3 is 14.8 Å². The molecule has 0 spiro atoms. The summed E-state index contributed by atoms with van der Waals surface area (Å²) in [5, 5.41) is 2.35. The predicted molar refractivity (Wildman–Crippen MR) is 132 cm³/mol. The number of hydrogen-bond donors (Lipinski definition) is 2. The third-order valence-corrected chi connectivity index (χ3v) is 7.64. The summed E-state index contributed by atoms with van der Waals surface area (Å²) in [6.07, 6.45) is -8.97. The number of nitrogens with one attached hydrogen (secondary N) is 2. The number of ether oxygens (including phenoxy) is 2. The van der Waals surface area contributed by atoms with Gasteiger partial charge >= 0.3 is 12.4 Å². The molecule has 0 aliphatic carbocycles. The van der Waals surface area contributed by atoms with Crippen molar-refractivity contribution in [3.63, 3.8) is 0 Å². The monoisotopic (exact) mass is 594 g/mol. The molecule has 1 aliphatic heterocycles. The van der Waals surface area contributed by atoms with Crippen molar-refractivity contribution < 1.29 is 44.2 Å². The molecule has 6 nitrogen and oxygen atoms in total. The van der Waals surface area contributed by atoms with Crippen molar-refractivity contribution in [3.05, 3.63) is 76.8 Å². The molecule has 0 aromatic heterocycles. The first-order chi connectivity index (χ1) is 18.1. The Morgan fingerprint density at radius 1 is 0.923 bits per heavy atom. The van der Waals surface area contributed by atoms with Crippen LogP contribution in [-0.4, -0.2) is 27.1 Å². The van der Waals surface area contributed by atoms with Crippen LogP contribution in [-0.2, 0) is 22.4 Å². The van der Waals surface area contributed by atoms with Gasteiger partial charge in [0, 0.05) is 19.0 Å². The quantitative estimate of drug-likeness (QED) is 0.285. The summed E-state index contributed by atoms with van der Waals surface area (Å²) in [4.78, 5) is -0.278. The lowest BCUT2D eigenvalue weighted by molar-refractivity contribution is -0.140. The fourth-order valence-corrected chi connectivity index (χ4v) is 5.21. The lowest BCUT2D eigenvalue weighted by atomic mass is 10.1. The van der Waals surface area contributed by atoms with Gasteiger partial charge in [-0.3, -0.25) is 4.72 Å². The molecule has 0 amide bonds. The number of alkyl halides is 6. The average molecular weight is 595 g/mol. The first-order valence-electron chi connectivity index (χ1n) is 11.3. The smallest absolute Gasteiger partial charge is 0.419 e. The minimum Gasteiger partial charge on any atom is -0.485 e. The van der Waals surface area contributed by atoms with Gasteiger partial charge in [0.25, 0.3) is 10.0 Å². The largest absolute Gasteiger partial charge is 0.485 e. The van der Waals surface area contributed by atoms with Crippen molar-refractivity contribution in [1.29, 1.82) is 0 Å². The van der Waals surface area contributed by atoms with E-state index in [0.717, 1.165) is 42.5 Å². The minimum absolute atomic E-state index is 0.00110. The molecule has 3 aromatic rings. The van der Waals surface area contributed by atoms with Crippen LogP contribution in [0.4, 0.5) is 32.0 Å². The Bertz CT molecular complexity index is 1450. The molecule has 210 valence electrons. The van der Waals surface area contributed by atoms with Crippen LogP contribution in [0.25, 0.3) is 0 Å². The fourth-order valence-electron chi connectivity index (χ4n) is 3.89. The summed E-state index contributed by atoms with van der Waals surface area (Å²) in [7, 11) is -4.27. The van der Waals surface area contributed by atoms with Crippen LogP contribution >= 0.6 is 11.6 Å². The molecule has 0 radical (unpaired) electrons. The molecule has 1 aliphatic rings. The molecule has 1 saturated heterocycles. The number of benzene rings is 3. The topological polar surface area (TPSA) is 76.7 Å². The maximum atomic E-state index is 13.6. The van der Waals surface area contributed by atoms with Gasteiger partial charge in [0.1, 0.15) is 22.8 Å². The van der Waals surface area contributed by atoms with Crippen LogP contribution in [0.1, 0.15) is 24.5 Å². The highest BCUT2D eigenvalue weighted by Gasteiger charge is 2.38. The van der Waals surface area contributed by atoms with Crippen LogP contribution in [0.3, 0.4) is 0 Å². The highest BCUT2D eigenvalue weighted by atomic mass is 35.5. The van der Waals surface area contributed by atoms with E-state index in [1.54, 1.807) is 6.92 Å². The fraction of sp³-hybridized carbons (Fsp3) is 0.280. The van der Waals surface area contributed by atoms with Gasteiger partial charge in [-0.15, -0.1) is 0 Å². The Balaban J connectivity index is 1.55. The molecule has 0 saturated carbocycles. The molecule has 3 aromatic carbocycles. The number of anilines is 1. The van der Waals surface area contributed by atoms with Gasteiger partial charge in [0.15, 0.2) is 0 Å². The Morgan fingerprint density at radius 3 is 2.18 bits per heavy atom. The molecule has 39 heavy (non-hydrogen) atoms. The summed E-state index contributed by atoms with van der Waals surface area (Å²) in [5.41, 5.74) is -3.21. The second-order valence-corrected chi connectivity index (χ2v) is 11.0. The molecule has 1 atom stereocenters. The lowest BCUT2D eigenvalue weighted by Crippen LogP contribution is -2.35. The van der Waals surface area contributed by atoms with Crippen LogP contribution < -0.4 is 19.5 Å². The van der Waals surface area contributed by atoms with E-state index < -0.39 is 49.9 Å². The normalized spacial score (nSPS) is 18.2. The van der Waals surface area contributed by atoms with Gasteiger partial charge in [-0.25, -0.2) is 8.42 Å². The molecule has 14 heteroatoms. The maximum absolute atomic E-state index is 13.6. The van der Waals surface area contributed by atoms with Gasteiger partial charge in [0.05, 0.1) is 26.7 Å². The Labute approximate surface area is 224 Å². The van der Waals surface area contributed by atoms with Gasteiger partial charge in [-0.2, -0.15) is 26.3 Å². The zero-order valence-electron chi connectivity index (χ0n) is 20.1. The van der Waals surface area contributed by atoms with Gasteiger partial charge in [0.2, 0.25) is 0 Å². The first kappa shape index (κ1) is 28.8. The Hall–Kier alpha value is -3.16. The maximum Gasteiger partial charge on any atom is 0.419 e. The predicted octanol–water partition coefficient (Wildman–Crippen LogP) is 7.10. The number of hydrogen-bond acceptors (Lipinski definition) is 5. The van der Waals surface area contributed by atoms with E-state index in [9.17, 15) is 34.8 Å². The summed E-state index contributed by atoms with van der Waals surface area (Å²) < 4.78 is 119. The van der Waals surface area contributed by atoms with Crippen LogP contribution in [0, 0.1) is 0 Å². The third-order valence-electron chi connectivity index (χ3n) is 5.86. The van der Waals surface area contributed by atoms with Crippen LogP contribution in [0.15, 0.2) is 65.6 Å². The standard InChI is InChI=1S/C25H21ClF6N2O4S/c1-23(11-12-33-14-23)38-21-13-15(5-10-18(21)24(27,28)29)34-39(35,36)17-8-6-16(7-9-17)37-20-4-2-3-19(22(20)26)25(30,31)32/h2-10,13,33-34H,11-12,14H2,1H3/t23-/m1/s1. The minimum atomic E-state index is -4.73. The van der Waals surface area contributed by atoms with E-state index in [4.69, 9.17) is 21.1 Å². The summed E-state index contributed by atoms with van der Waals surface area (Å²) in [5.74, 6) is -0.807. The summed E-state index contributed by atoms with van der Waals surface area (Å²) in [6.45, 7) is 2.53. The van der Waals surface area contributed by atoms with Crippen LogP contribution in [0.2, 0.25) is 5.02 Å². The Morgan fingerprint density at radius 2 is 1.59 bits per heavy atom. The number of halogens is 7. The molecule has 2 N–H and O–H groups in total. The van der Waals surface area contributed by atoms with Gasteiger partial charge in [-0.1, -0.05) is 17.7 Å². The van der Waals surface area contributed by atoms with Crippen molar-refractivity contribution in [2.45, 2.75) is 36.2 Å². The molecule has 4 rings (SSSR count). The zero-order chi connectivity index (χ0) is 28.6. The van der Waals surface area contributed by atoms with E-state index in [1.165, 1.54) is 18.2 Å². The van der Waals surface area contributed by atoms with E-state index in [2.05, 4.69) is 10.0 Å². The molecule has 1 heterocycles. The lowest BCUT2D eigenvalue weighted by Gasteiger charge is -2.27. The molecular formula is C25H21ClF6N2O4S. The zero-order valence-corrected chi connectivity index (χ0v) is 21.7. The van der Waals surface area contributed by atoms with Crippen LogP contribution in [0.5, 0.6) is 17.2 Å². The molecular weight excluding hydrogens is 574 g/mol. The molecule has 1 fully saturated rings. The molecule has 0 unspecified atom stereocenters. The highest BCUT2D eigenvalue weighted by Crippen LogP contribution is 2.42. The molecule has 0 bridgehead atoms. The van der Waals surface area contributed by atoms with Crippen molar-refractivity contribution >= 4 is 27.3 Å². The Kier molecular flexibility index (Phi) is 7.71. The van der Waals surface area contributed by atoms with Gasteiger partial charge in [-0.05, 0) is 62.0 Å². The second kappa shape index (κ2) is 10.4. The van der Waals surface area contributed by atoms with E-state index in [-0.39, 0.29) is 22.1 Å². The highest BCUT2D eigenvalue weighted by molar-refractivity contribution is 7.92. The van der Waals surface area contributed by atoms with E-state index in [1.807, 2.05) is 0 Å². The summed E-state index contributed by atoms with van der Waals surface area (Å²) >= 11 is 5.82. The number of sulfonamides is 1. The van der Waals surface area contributed by atoms with E-state index in [0.29, 0.717) is 19.5 Å². The number of rotatable bonds is 7. The summed E-state index contributed by atoms with van der Waals surface area (Å²) in [6, 6.07) is 10.4. The van der Waals surface area contributed by atoms with Crippen molar-refractivity contribution in [3.8, 4) is 17.2 Å². The third kappa shape index (κ3) is 6.71. The first-order valence-corrected chi connectivity index (χ1v) is 13.2. The SMILES string of the molecule is C[C@@]1(Oc2cc(NS(=O)(=O)c3ccc(Oc4cccc(C(F)(F)F)c4Cl)cc3)ccc2C(F)(F)F)CCNC1. The van der Waals surface area contributed by atoms with E-state index >= 15 is 0 Å².